The number of hydrogen-bond donors (Lipinski definition) is 0. The summed E-state index contributed by atoms with van der Waals surface area (Å²) in [5.41, 5.74) is 2.14. The van der Waals surface area contributed by atoms with Crippen LogP contribution in [0.15, 0.2) is 48.5 Å². The Kier molecular flexibility index (Phi) is 5.28. The van der Waals surface area contributed by atoms with Crippen LogP contribution < -0.4 is 9.47 Å². The van der Waals surface area contributed by atoms with Crippen molar-refractivity contribution in [2.45, 2.75) is 12.2 Å². The van der Waals surface area contributed by atoms with E-state index in [9.17, 15) is 4.79 Å². The van der Waals surface area contributed by atoms with E-state index in [0.717, 1.165) is 22.6 Å². The van der Waals surface area contributed by atoms with Crippen molar-refractivity contribution in [2.24, 2.45) is 0 Å². The first-order valence-electron chi connectivity index (χ1n) is 6.59. The van der Waals surface area contributed by atoms with E-state index in [1.807, 2.05) is 48.5 Å². The number of thioether (sulfide) groups is 1. The normalized spacial score (nSPS) is 10.5. The Bertz CT molecular complexity index is 543. The van der Waals surface area contributed by atoms with Crippen LogP contribution in [0.3, 0.4) is 0 Å². The number of carbonyl (C=O) groups is 1. The van der Waals surface area contributed by atoms with E-state index in [1.165, 1.54) is 11.8 Å². The molecule has 2 aromatic carbocycles. The topological polar surface area (TPSA) is 35.5 Å². The molecule has 0 aliphatic heterocycles. The largest absolute Gasteiger partial charge is 0.497 e. The highest BCUT2D eigenvalue weighted by molar-refractivity contribution is 8.13. The average Bonchev–Trinajstić information content (AvgIpc) is 2.53. The summed E-state index contributed by atoms with van der Waals surface area (Å²) < 4.78 is 10.4. The van der Waals surface area contributed by atoms with Crippen LogP contribution >= 0.6 is 11.8 Å². The number of carbonyl (C=O) groups excluding carboxylic acids is 1. The molecule has 0 saturated carbocycles. The first-order chi connectivity index (χ1) is 10.1. The van der Waals surface area contributed by atoms with Crippen molar-refractivity contribution in [3.05, 3.63) is 59.7 Å². The fourth-order valence-corrected chi connectivity index (χ4v) is 2.97. The van der Waals surface area contributed by atoms with Crippen molar-refractivity contribution in [1.82, 2.24) is 0 Å². The lowest BCUT2D eigenvalue weighted by Crippen LogP contribution is -2.00. The van der Waals surface area contributed by atoms with Crippen LogP contribution in [0, 0.1) is 0 Å². The van der Waals surface area contributed by atoms with E-state index in [-0.39, 0.29) is 10.4 Å². The fraction of sp³-hybridized carbons (Fsp3) is 0.235. The maximum Gasteiger partial charge on any atom is 0.186 e. The second-order valence-electron chi connectivity index (χ2n) is 4.54. The summed E-state index contributed by atoms with van der Waals surface area (Å²) in [5, 5.41) is 0.0611. The molecule has 2 aromatic rings. The maximum absolute atomic E-state index is 11.6. The molecule has 0 atom stereocenters. The minimum atomic E-state index is -0.0284. The van der Waals surface area contributed by atoms with Crippen molar-refractivity contribution in [1.29, 1.82) is 0 Å². The Balaban J connectivity index is 2.33. The molecule has 4 heteroatoms. The van der Waals surface area contributed by atoms with Crippen LogP contribution in [-0.2, 0) is 4.79 Å². The maximum atomic E-state index is 11.6. The molecule has 2 rings (SSSR count). The van der Waals surface area contributed by atoms with Gasteiger partial charge in [0.2, 0.25) is 0 Å². The van der Waals surface area contributed by atoms with Gasteiger partial charge in [0.1, 0.15) is 11.5 Å². The molecule has 3 nitrogen and oxygen atoms in total. The van der Waals surface area contributed by atoms with E-state index < -0.39 is 0 Å². The van der Waals surface area contributed by atoms with Gasteiger partial charge in [-0.2, -0.15) is 0 Å². The van der Waals surface area contributed by atoms with Crippen LogP contribution in [0.5, 0.6) is 11.5 Å². The van der Waals surface area contributed by atoms with Gasteiger partial charge in [0.05, 0.1) is 19.5 Å². The minimum Gasteiger partial charge on any atom is -0.497 e. The van der Waals surface area contributed by atoms with Gasteiger partial charge in [-0.05, 0) is 35.4 Å². The molecule has 0 unspecified atom stereocenters. The number of benzene rings is 2. The third-order valence-corrected chi connectivity index (χ3v) is 4.23. The summed E-state index contributed by atoms with van der Waals surface area (Å²) in [6.45, 7) is 1.59. The Hall–Kier alpha value is -1.94. The standard InChI is InChI=1S/C17H18O3S/c1-12(18)21-17(13-4-8-15(19-2)9-5-13)14-6-10-16(20-3)11-7-14/h4-11,17H,1-3H3. The van der Waals surface area contributed by atoms with Crippen LogP contribution in [-0.4, -0.2) is 19.3 Å². The first kappa shape index (κ1) is 15.4. The third kappa shape index (κ3) is 4.02. The van der Waals surface area contributed by atoms with Crippen LogP contribution in [0.1, 0.15) is 23.3 Å². The highest BCUT2D eigenvalue weighted by Gasteiger charge is 2.17. The molecule has 0 aromatic heterocycles. The van der Waals surface area contributed by atoms with Crippen molar-refractivity contribution < 1.29 is 14.3 Å². The molecule has 0 spiro atoms. The van der Waals surface area contributed by atoms with Crippen LogP contribution in [0.25, 0.3) is 0 Å². The zero-order valence-electron chi connectivity index (χ0n) is 12.3. The fourth-order valence-electron chi connectivity index (χ4n) is 2.05. The molecule has 0 aliphatic carbocycles. The zero-order valence-corrected chi connectivity index (χ0v) is 13.1. The lowest BCUT2D eigenvalue weighted by atomic mass is 10.0. The van der Waals surface area contributed by atoms with Crippen molar-refractivity contribution >= 4 is 16.9 Å². The van der Waals surface area contributed by atoms with E-state index in [2.05, 4.69) is 0 Å². The predicted molar refractivity (Wildman–Crippen MR) is 86.1 cm³/mol. The Morgan fingerprint density at radius 3 is 1.52 bits per heavy atom. The lowest BCUT2D eigenvalue weighted by Gasteiger charge is -2.17. The van der Waals surface area contributed by atoms with Gasteiger partial charge in [0.15, 0.2) is 5.12 Å². The third-order valence-electron chi connectivity index (χ3n) is 3.12. The smallest absolute Gasteiger partial charge is 0.186 e. The molecule has 0 radical (unpaired) electrons. The van der Waals surface area contributed by atoms with E-state index >= 15 is 0 Å². The number of methoxy groups -OCH3 is 2. The summed E-state index contributed by atoms with van der Waals surface area (Å²) in [5.74, 6) is 1.61. The van der Waals surface area contributed by atoms with Crippen LogP contribution in [0.4, 0.5) is 0 Å². The quantitative estimate of drug-likeness (QED) is 0.834. The summed E-state index contributed by atoms with van der Waals surface area (Å²) in [7, 11) is 3.28. The van der Waals surface area contributed by atoms with Crippen molar-refractivity contribution in [3.8, 4) is 11.5 Å². The second kappa shape index (κ2) is 7.18. The van der Waals surface area contributed by atoms with Gasteiger partial charge in [0, 0.05) is 6.92 Å². The SMILES string of the molecule is COc1ccc(C(SC(C)=O)c2ccc(OC)cc2)cc1. The van der Waals surface area contributed by atoms with Crippen molar-refractivity contribution in [2.75, 3.05) is 14.2 Å². The molecule has 110 valence electrons. The number of rotatable bonds is 5. The molecule has 0 amide bonds. The van der Waals surface area contributed by atoms with Crippen LogP contribution in [0.2, 0.25) is 0 Å². The molecular formula is C17H18O3S. The zero-order chi connectivity index (χ0) is 15.2. The van der Waals surface area contributed by atoms with Gasteiger partial charge < -0.3 is 9.47 Å². The molecule has 0 saturated heterocycles. The minimum absolute atomic E-state index is 0.0284. The first-order valence-corrected chi connectivity index (χ1v) is 7.47. The summed E-state index contributed by atoms with van der Waals surface area (Å²) >= 11 is 1.31. The monoisotopic (exact) mass is 302 g/mol. The predicted octanol–water partition coefficient (Wildman–Crippen LogP) is 4.07. The molecule has 21 heavy (non-hydrogen) atoms. The molecule has 0 N–H and O–H groups in total. The highest BCUT2D eigenvalue weighted by Crippen LogP contribution is 2.37. The average molecular weight is 302 g/mol. The molecule has 0 heterocycles. The molecule has 0 fully saturated rings. The number of hydrogen-bond acceptors (Lipinski definition) is 4. The lowest BCUT2D eigenvalue weighted by molar-refractivity contribution is -0.109. The summed E-state index contributed by atoms with van der Waals surface area (Å²) in [4.78, 5) is 11.6. The number of ether oxygens (including phenoxy) is 2. The Morgan fingerprint density at radius 2 is 1.24 bits per heavy atom. The second-order valence-corrected chi connectivity index (χ2v) is 5.82. The Labute approximate surface area is 129 Å². The summed E-state index contributed by atoms with van der Waals surface area (Å²) in [6, 6.07) is 15.6. The van der Waals surface area contributed by atoms with Gasteiger partial charge in [-0.15, -0.1) is 0 Å². The van der Waals surface area contributed by atoms with Gasteiger partial charge >= 0.3 is 0 Å². The Morgan fingerprint density at radius 1 is 0.857 bits per heavy atom. The molecule has 0 aliphatic rings. The van der Waals surface area contributed by atoms with Gasteiger partial charge in [0.25, 0.3) is 0 Å². The molecular weight excluding hydrogens is 284 g/mol. The highest BCUT2D eigenvalue weighted by atomic mass is 32.2. The van der Waals surface area contributed by atoms with Gasteiger partial charge in [-0.3, -0.25) is 4.79 Å². The molecule has 0 bridgehead atoms. The van der Waals surface area contributed by atoms with E-state index in [1.54, 1.807) is 21.1 Å². The van der Waals surface area contributed by atoms with E-state index in [0.29, 0.717) is 0 Å². The van der Waals surface area contributed by atoms with Crippen molar-refractivity contribution in [3.63, 3.8) is 0 Å². The van der Waals surface area contributed by atoms with Gasteiger partial charge in [-0.25, -0.2) is 0 Å². The van der Waals surface area contributed by atoms with E-state index in [4.69, 9.17) is 9.47 Å². The summed E-state index contributed by atoms with van der Waals surface area (Å²) in [6.07, 6.45) is 0. The van der Waals surface area contributed by atoms with Gasteiger partial charge in [-0.1, -0.05) is 36.0 Å².